The van der Waals surface area contributed by atoms with Gasteiger partial charge in [-0.2, -0.15) is 0 Å². The molecule has 0 aromatic carbocycles. The molecule has 0 heterocycles. The minimum Gasteiger partial charge on any atom is -0.393 e. The van der Waals surface area contributed by atoms with E-state index in [2.05, 4.69) is 37.2 Å². The fourth-order valence-corrected chi connectivity index (χ4v) is 0.987. The van der Waals surface area contributed by atoms with E-state index in [9.17, 15) is 0 Å². The molecule has 16 heavy (non-hydrogen) atoms. The van der Waals surface area contributed by atoms with Crippen LogP contribution in [0.15, 0.2) is 0 Å². The van der Waals surface area contributed by atoms with E-state index in [1.54, 1.807) is 27.7 Å². The van der Waals surface area contributed by atoms with Crippen molar-refractivity contribution in [2.24, 2.45) is 0 Å². The van der Waals surface area contributed by atoms with Crippen LogP contribution in [0.2, 0.25) is 0 Å². The van der Waals surface area contributed by atoms with Gasteiger partial charge in [-0.15, -0.1) is 0 Å². The first-order chi connectivity index (χ1) is 7.25. The van der Waals surface area contributed by atoms with Crippen LogP contribution in [0.25, 0.3) is 0 Å². The van der Waals surface area contributed by atoms with E-state index in [0.29, 0.717) is 12.8 Å². The maximum atomic E-state index is 8.56. The Hall–Kier alpha value is 1.30. The molecule has 4 unspecified atom stereocenters. The van der Waals surface area contributed by atoms with Gasteiger partial charge in [0.1, 0.15) is 0 Å². The van der Waals surface area contributed by atoms with Gasteiger partial charge >= 0.3 is 0 Å². The molecule has 4 atom stereocenters. The van der Waals surface area contributed by atoms with Crippen LogP contribution < -0.4 is 0 Å². The monoisotopic (exact) mass is 462 g/mol. The van der Waals surface area contributed by atoms with Crippen molar-refractivity contribution in [2.45, 2.75) is 65.0 Å². The SMILES string of the molecule is CC(O)CC(C)O.CC(O)CC(C)O.II. The van der Waals surface area contributed by atoms with Gasteiger partial charge in [0.15, 0.2) is 0 Å². The quantitative estimate of drug-likeness (QED) is 0.483. The van der Waals surface area contributed by atoms with Gasteiger partial charge in [0.05, 0.1) is 24.4 Å². The summed E-state index contributed by atoms with van der Waals surface area (Å²) in [5.74, 6) is 0. The molecule has 0 amide bonds. The Bertz CT molecular complexity index is 93.4. The van der Waals surface area contributed by atoms with Crippen LogP contribution in [0.3, 0.4) is 0 Å². The first-order valence-electron chi connectivity index (χ1n) is 5.12. The van der Waals surface area contributed by atoms with E-state index in [-0.39, 0.29) is 24.4 Å². The zero-order valence-corrected chi connectivity index (χ0v) is 14.6. The molecule has 4 nitrogen and oxygen atoms in total. The van der Waals surface area contributed by atoms with Crippen molar-refractivity contribution in [3.63, 3.8) is 0 Å². The van der Waals surface area contributed by atoms with Crippen molar-refractivity contribution in [3.05, 3.63) is 0 Å². The molecule has 4 N–H and O–H groups in total. The van der Waals surface area contributed by atoms with E-state index in [1.165, 1.54) is 0 Å². The third-order valence-corrected chi connectivity index (χ3v) is 1.36. The van der Waals surface area contributed by atoms with Crippen LogP contribution >= 0.6 is 37.2 Å². The molecular weight excluding hydrogens is 438 g/mol. The van der Waals surface area contributed by atoms with Gasteiger partial charge in [0.2, 0.25) is 0 Å². The first kappa shape index (κ1) is 22.5. The maximum absolute atomic E-state index is 8.56. The summed E-state index contributed by atoms with van der Waals surface area (Å²) in [6.45, 7) is 6.64. The van der Waals surface area contributed by atoms with Crippen LogP contribution in [-0.2, 0) is 0 Å². The summed E-state index contributed by atoms with van der Waals surface area (Å²) < 4.78 is 0. The van der Waals surface area contributed by atoms with Gasteiger partial charge in [0.25, 0.3) is 0 Å². The van der Waals surface area contributed by atoms with Crippen molar-refractivity contribution in [2.75, 3.05) is 0 Å². The van der Waals surface area contributed by atoms with Crippen molar-refractivity contribution in [3.8, 4) is 0 Å². The highest BCUT2D eigenvalue weighted by Crippen LogP contribution is 1.94. The first-order valence-corrected chi connectivity index (χ1v) is 11.4. The highest BCUT2D eigenvalue weighted by molar-refractivity contribution is 15.0. The third-order valence-electron chi connectivity index (χ3n) is 1.36. The highest BCUT2D eigenvalue weighted by Gasteiger charge is 1.99. The molecule has 0 radical (unpaired) electrons. The average molecular weight is 462 g/mol. The summed E-state index contributed by atoms with van der Waals surface area (Å²) in [5, 5.41) is 34.3. The van der Waals surface area contributed by atoms with Gasteiger partial charge in [-0.25, -0.2) is 0 Å². The molecule has 0 aliphatic rings. The lowest BCUT2D eigenvalue weighted by atomic mass is 10.2. The predicted octanol–water partition coefficient (Wildman–Crippen LogP) is 2.05. The largest absolute Gasteiger partial charge is 0.393 e. The van der Waals surface area contributed by atoms with Gasteiger partial charge in [-0.3, -0.25) is 0 Å². The minimum atomic E-state index is -0.375. The summed E-state index contributed by atoms with van der Waals surface area (Å²) in [4.78, 5) is 0. The molecule has 0 aliphatic heterocycles. The summed E-state index contributed by atoms with van der Waals surface area (Å²) in [6, 6.07) is 0. The maximum Gasteiger partial charge on any atom is 0.0536 e. The Kier molecular flexibility index (Phi) is 22.9. The van der Waals surface area contributed by atoms with Crippen molar-refractivity contribution in [1.82, 2.24) is 0 Å². The highest BCUT2D eigenvalue weighted by atomic mass is 128. The predicted molar refractivity (Wildman–Crippen MR) is 84.0 cm³/mol. The number of halogens is 2. The zero-order chi connectivity index (χ0) is 13.7. The third kappa shape index (κ3) is 36.2. The van der Waals surface area contributed by atoms with Crippen LogP contribution in [0.5, 0.6) is 0 Å². The second-order valence-electron chi connectivity index (χ2n) is 3.87. The van der Waals surface area contributed by atoms with Gasteiger partial charge in [-0.05, 0) is 40.5 Å². The van der Waals surface area contributed by atoms with Gasteiger partial charge < -0.3 is 20.4 Å². The van der Waals surface area contributed by atoms with Crippen LogP contribution in [0.1, 0.15) is 40.5 Å². The van der Waals surface area contributed by atoms with E-state index >= 15 is 0 Å². The molecule has 0 spiro atoms. The molecule has 0 rings (SSSR count). The fraction of sp³-hybridized carbons (Fsp3) is 1.00. The smallest absolute Gasteiger partial charge is 0.0536 e. The average Bonchev–Trinajstić information content (AvgIpc) is 2.03. The lowest BCUT2D eigenvalue weighted by Crippen LogP contribution is -2.10. The minimum absolute atomic E-state index is 0.375. The number of aliphatic hydroxyl groups is 4. The van der Waals surface area contributed by atoms with Gasteiger partial charge in [-0.1, -0.05) is 0 Å². The number of rotatable bonds is 4. The van der Waals surface area contributed by atoms with Crippen molar-refractivity contribution < 1.29 is 20.4 Å². The molecule has 0 aliphatic carbocycles. The van der Waals surface area contributed by atoms with Crippen LogP contribution in [-0.4, -0.2) is 44.8 Å². The zero-order valence-electron chi connectivity index (χ0n) is 10.3. The Labute approximate surface area is 122 Å². The second kappa shape index (κ2) is 16.3. The number of aliphatic hydroxyl groups excluding tert-OH is 4. The summed E-state index contributed by atoms with van der Waals surface area (Å²) in [7, 11) is 0. The van der Waals surface area contributed by atoms with Crippen molar-refractivity contribution >= 4 is 37.2 Å². The number of hydrogen-bond acceptors (Lipinski definition) is 4. The molecule has 0 bridgehead atoms. The lowest BCUT2D eigenvalue weighted by Gasteiger charge is -2.04. The molecular formula is C10H24I2O4. The molecule has 0 fully saturated rings. The summed E-state index contributed by atoms with van der Waals surface area (Å²) in [6.07, 6.45) is -0.556. The second-order valence-corrected chi connectivity index (χ2v) is 3.87. The Morgan fingerprint density at radius 2 is 0.750 bits per heavy atom. The van der Waals surface area contributed by atoms with E-state index < -0.39 is 0 Å². The Morgan fingerprint density at radius 1 is 0.625 bits per heavy atom. The van der Waals surface area contributed by atoms with Gasteiger partial charge in [0, 0.05) is 37.2 Å². The Morgan fingerprint density at radius 3 is 0.750 bits per heavy atom. The standard InChI is InChI=1S/2C5H12O2.I2/c2*1-4(6)3-5(2)7;1-2/h2*4-7H,3H2,1-2H3;. The fourth-order valence-electron chi connectivity index (χ4n) is 0.987. The number of hydrogen-bond donors (Lipinski definition) is 4. The Balaban J connectivity index is -0.000000183. The molecule has 0 aromatic heterocycles. The molecule has 0 saturated heterocycles. The summed E-state index contributed by atoms with van der Waals surface area (Å²) in [5.41, 5.74) is 0. The molecule has 0 saturated carbocycles. The summed E-state index contributed by atoms with van der Waals surface area (Å²) >= 11 is 4.24. The molecule has 0 aromatic rings. The molecule has 102 valence electrons. The van der Waals surface area contributed by atoms with E-state index in [4.69, 9.17) is 20.4 Å². The lowest BCUT2D eigenvalue weighted by molar-refractivity contribution is 0.101. The topological polar surface area (TPSA) is 80.9 Å². The normalized spacial score (nSPS) is 16.9. The van der Waals surface area contributed by atoms with Crippen LogP contribution in [0, 0.1) is 0 Å². The van der Waals surface area contributed by atoms with Crippen molar-refractivity contribution in [1.29, 1.82) is 0 Å². The molecule has 6 heteroatoms. The van der Waals surface area contributed by atoms with Crippen LogP contribution in [0.4, 0.5) is 0 Å². The van der Waals surface area contributed by atoms with E-state index in [0.717, 1.165) is 0 Å². The van der Waals surface area contributed by atoms with E-state index in [1.807, 2.05) is 0 Å².